The van der Waals surface area contributed by atoms with Gasteiger partial charge in [0.25, 0.3) is 0 Å². The number of H-pyrrole nitrogens is 1. The molecule has 4 nitrogen and oxygen atoms in total. The number of β-amino-alcohol motifs (C(OH)–C–C–N with tert-alkyl or cyclic N) is 1. The van der Waals surface area contributed by atoms with E-state index in [1.807, 2.05) is 41.8 Å². The molecular formula is C26H30N2O2S. The number of aliphatic hydroxyl groups excluding tert-OH is 1. The van der Waals surface area contributed by atoms with E-state index in [0.717, 1.165) is 36.0 Å². The van der Waals surface area contributed by atoms with Crippen LogP contribution in [0.1, 0.15) is 36.1 Å². The molecule has 3 atom stereocenters. The van der Waals surface area contributed by atoms with Crippen molar-refractivity contribution in [3.05, 3.63) is 65.2 Å². The van der Waals surface area contributed by atoms with Gasteiger partial charge in [0.2, 0.25) is 0 Å². The summed E-state index contributed by atoms with van der Waals surface area (Å²) in [5, 5.41) is 13.1. The molecule has 2 aromatic carbocycles. The van der Waals surface area contributed by atoms with Crippen molar-refractivity contribution in [1.82, 2.24) is 9.88 Å². The van der Waals surface area contributed by atoms with Crippen molar-refractivity contribution < 1.29 is 9.84 Å². The highest BCUT2D eigenvalue weighted by molar-refractivity contribution is 7.19. The van der Waals surface area contributed by atoms with Crippen molar-refractivity contribution in [3.63, 3.8) is 0 Å². The molecule has 3 heterocycles. The molecule has 5 heteroatoms. The van der Waals surface area contributed by atoms with E-state index in [9.17, 15) is 5.11 Å². The Balaban J connectivity index is 1.17. The number of nitrogens with zero attached hydrogens (tertiary/aromatic N) is 1. The van der Waals surface area contributed by atoms with Crippen LogP contribution < -0.4 is 4.74 Å². The molecule has 2 N–H and O–H groups in total. The van der Waals surface area contributed by atoms with Gasteiger partial charge in [0.1, 0.15) is 18.5 Å². The monoisotopic (exact) mass is 434 g/mol. The number of aryl methyl sites for hydroxylation is 1. The number of fused-ring (bicyclic) bond motifs is 2. The van der Waals surface area contributed by atoms with Gasteiger partial charge in [-0.15, -0.1) is 11.3 Å². The summed E-state index contributed by atoms with van der Waals surface area (Å²) in [6.45, 7) is 6.43. The highest BCUT2D eigenvalue weighted by Gasteiger charge is 2.28. The molecule has 1 aliphatic rings. The summed E-state index contributed by atoms with van der Waals surface area (Å²) in [7, 11) is 0. The second-order valence-corrected chi connectivity index (χ2v) is 10.0. The van der Waals surface area contributed by atoms with Crippen molar-refractivity contribution in [3.8, 4) is 5.75 Å². The summed E-state index contributed by atoms with van der Waals surface area (Å²) in [5.74, 6) is 1.44. The van der Waals surface area contributed by atoms with E-state index in [4.69, 9.17) is 4.74 Å². The summed E-state index contributed by atoms with van der Waals surface area (Å²) in [6, 6.07) is 17.6. The number of piperidine rings is 1. The minimum absolute atomic E-state index is 0.312. The quantitative estimate of drug-likeness (QED) is 0.409. The van der Waals surface area contributed by atoms with Crippen LogP contribution in [-0.4, -0.2) is 46.8 Å². The zero-order valence-corrected chi connectivity index (χ0v) is 19.0. The number of likely N-dealkylation sites (tertiary alicyclic amines) is 1. The molecule has 0 spiro atoms. The number of nitrogens with one attached hydrogen (secondary N) is 1. The largest absolute Gasteiger partial charge is 0.490 e. The predicted octanol–water partition coefficient (Wildman–Crippen LogP) is 5.70. The lowest BCUT2D eigenvalue weighted by Crippen LogP contribution is -2.45. The highest BCUT2D eigenvalue weighted by Crippen LogP contribution is 2.38. The second kappa shape index (κ2) is 8.65. The lowest BCUT2D eigenvalue weighted by Gasteiger charge is -2.38. The first-order valence-corrected chi connectivity index (χ1v) is 12.0. The first-order valence-electron chi connectivity index (χ1n) is 11.2. The van der Waals surface area contributed by atoms with Crippen LogP contribution in [0.4, 0.5) is 0 Å². The smallest absolute Gasteiger partial charge is 0.128 e. The molecule has 5 rings (SSSR count). The first-order chi connectivity index (χ1) is 15.1. The number of hydrogen-bond acceptors (Lipinski definition) is 4. The summed E-state index contributed by atoms with van der Waals surface area (Å²) in [4.78, 5) is 7.12. The number of ether oxygens (including phenoxy) is 1. The molecule has 1 fully saturated rings. The molecule has 162 valence electrons. The maximum atomic E-state index is 10.6. The van der Waals surface area contributed by atoms with Gasteiger partial charge in [0.05, 0.1) is 0 Å². The Morgan fingerprint density at radius 3 is 3.00 bits per heavy atom. The Morgan fingerprint density at radius 2 is 2.13 bits per heavy atom. The molecule has 0 radical (unpaired) electrons. The number of benzene rings is 2. The summed E-state index contributed by atoms with van der Waals surface area (Å²) >= 11 is 1.95. The average molecular weight is 435 g/mol. The van der Waals surface area contributed by atoms with Gasteiger partial charge >= 0.3 is 0 Å². The van der Waals surface area contributed by atoms with Crippen LogP contribution >= 0.6 is 11.3 Å². The van der Waals surface area contributed by atoms with Crippen LogP contribution in [-0.2, 0) is 0 Å². The third kappa shape index (κ3) is 4.36. The highest BCUT2D eigenvalue weighted by atomic mass is 32.1. The van der Waals surface area contributed by atoms with Gasteiger partial charge in [-0.1, -0.05) is 18.2 Å². The molecule has 0 aliphatic carbocycles. The van der Waals surface area contributed by atoms with Crippen molar-refractivity contribution in [1.29, 1.82) is 0 Å². The van der Waals surface area contributed by atoms with Crippen LogP contribution in [0, 0.1) is 6.92 Å². The first kappa shape index (κ1) is 20.6. The number of aromatic nitrogens is 1. The Hall–Kier alpha value is -2.34. The fraction of sp³-hybridized carbons (Fsp3) is 0.385. The van der Waals surface area contributed by atoms with Gasteiger partial charge < -0.3 is 14.8 Å². The van der Waals surface area contributed by atoms with E-state index in [2.05, 4.69) is 48.0 Å². The number of aromatic amines is 1. The number of hydrogen-bond donors (Lipinski definition) is 2. The van der Waals surface area contributed by atoms with E-state index in [1.54, 1.807) is 0 Å². The van der Waals surface area contributed by atoms with Crippen molar-refractivity contribution >= 4 is 32.3 Å². The Bertz CT molecular complexity index is 1180. The second-order valence-electron chi connectivity index (χ2n) is 8.92. The maximum absolute atomic E-state index is 10.6. The minimum Gasteiger partial charge on any atom is -0.490 e. The summed E-state index contributed by atoms with van der Waals surface area (Å²) in [5.41, 5.74) is 2.38. The van der Waals surface area contributed by atoms with Gasteiger partial charge in [-0.05, 0) is 80.4 Å². The minimum atomic E-state index is -0.500. The van der Waals surface area contributed by atoms with Gasteiger partial charge in [-0.25, -0.2) is 0 Å². The summed E-state index contributed by atoms with van der Waals surface area (Å²) < 4.78 is 7.35. The van der Waals surface area contributed by atoms with E-state index in [1.165, 1.54) is 20.5 Å². The van der Waals surface area contributed by atoms with Gasteiger partial charge in [0, 0.05) is 39.3 Å². The van der Waals surface area contributed by atoms with Crippen molar-refractivity contribution in [2.45, 2.75) is 44.8 Å². The van der Waals surface area contributed by atoms with Gasteiger partial charge in [-0.2, -0.15) is 0 Å². The zero-order valence-electron chi connectivity index (χ0n) is 18.2. The predicted molar refractivity (Wildman–Crippen MR) is 129 cm³/mol. The number of thiophene rings is 1. The normalized spacial score (nSPS) is 21.0. The molecule has 0 unspecified atom stereocenters. The van der Waals surface area contributed by atoms with Crippen LogP contribution in [0.15, 0.2) is 54.7 Å². The lowest BCUT2D eigenvalue weighted by molar-refractivity contribution is 0.0408. The SMILES string of the molecule is Cc1ccc2cc([C@@H]3CCN(C[C@H](O)COc4cccc5[nH]ccc45)[C@@H](C)C3)sc2c1. The molecule has 1 saturated heterocycles. The topological polar surface area (TPSA) is 48.5 Å². The number of rotatable bonds is 6. The molecule has 0 bridgehead atoms. The van der Waals surface area contributed by atoms with Crippen LogP contribution in [0.2, 0.25) is 0 Å². The average Bonchev–Trinajstić information content (AvgIpc) is 3.40. The van der Waals surface area contributed by atoms with Crippen molar-refractivity contribution in [2.24, 2.45) is 0 Å². The molecule has 0 amide bonds. The molecule has 2 aromatic heterocycles. The zero-order chi connectivity index (χ0) is 21.4. The van der Waals surface area contributed by atoms with Crippen LogP contribution in [0.5, 0.6) is 5.75 Å². The molecule has 0 saturated carbocycles. The van der Waals surface area contributed by atoms with Crippen LogP contribution in [0.3, 0.4) is 0 Å². The van der Waals surface area contributed by atoms with Crippen molar-refractivity contribution in [2.75, 3.05) is 19.7 Å². The lowest BCUT2D eigenvalue weighted by atomic mass is 9.90. The molecular weight excluding hydrogens is 404 g/mol. The van der Waals surface area contributed by atoms with E-state index >= 15 is 0 Å². The van der Waals surface area contributed by atoms with Gasteiger partial charge in [0.15, 0.2) is 0 Å². The van der Waals surface area contributed by atoms with Crippen LogP contribution in [0.25, 0.3) is 21.0 Å². The Morgan fingerprint density at radius 1 is 1.23 bits per heavy atom. The fourth-order valence-corrected chi connectivity index (χ4v) is 6.11. The van der Waals surface area contributed by atoms with E-state index in [-0.39, 0.29) is 0 Å². The molecule has 4 aromatic rings. The standard InChI is InChI=1S/C26H30N2O2S/c1-17-6-7-19-14-26(31-25(19)12-17)20-9-11-28(18(2)13-20)15-21(29)16-30-24-5-3-4-23-22(24)8-10-27-23/h3-8,10,12,14,18,20-21,27,29H,9,11,13,15-16H2,1-2H3/t18-,20+,21-/m0/s1. The Kier molecular flexibility index (Phi) is 5.74. The maximum Gasteiger partial charge on any atom is 0.128 e. The van der Waals surface area contributed by atoms with Gasteiger partial charge in [-0.3, -0.25) is 4.90 Å². The van der Waals surface area contributed by atoms with E-state index in [0.29, 0.717) is 25.1 Å². The number of aliphatic hydroxyl groups is 1. The Labute approximate surface area is 187 Å². The molecule has 1 aliphatic heterocycles. The summed E-state index contributed by atoms with van der Waals surface area (Å²) in [6.07, 6.45) is 3.70. The fourth-order valence-electron chi connectivity index (χ4n) is 4.80. The third-order valence-corrected chi connectivity index (χ3v) is 7.80. The molecule has 31 heavy (non-hydrogen) atoms. The third-order valence-electron chi connectivity index (χ3n) is 6.54. The van der Waals surface area contributed by atoms with E-state index < -0.39 is 6.10 Å².